The number of halogens is 2. The minimum Gasteiger partial charge on any atom is -0.488 e. The maximum atomic E-state index is 15.1. The SMILES string of the molecule is COC(=O)c1c(N(c2ccc(OC(C)C)c(F)c2F)C(C)C)[nH]c2cc(C#N)ccc12. The highest BCUT2D eigenvalue weighted by atomic mass is 19.2. The molecule has 0 aliphatic carbocycles. The summed E-state index contributed by atoms with van der Waals surface area (Å²) < 4.78 is 40.1. The second kappa shape index (κ2) is 8.64. The number of aromatic nitrogens is 1. The van der Waals surface area contributed by atoms with Crippen LogP contribution in [0.1, 0.15) is 43.6 Å². The van der Waals surface area contributed by atoms with Crippen molar-refractivity contribution < 1.29 is 23.0 Å². The highest BCUT2D eigenvalue weighted by Gasteiger charge is 2.29. The van der Waals surface area contributed by atoms with E-state index in [1.165, 1.54) is 24.1 Å². The van der Waals surface area contributed by atoms with Gasteiger partial charge in [0.2, 0.25) is 5.82 Å². The van der Waals surface area contributed by atoms with Gasteiger partial charge in [0, 0.05) is 16.9 Å². The molecule has 0 radical (unpaired) electrons. The summed E-state index contributed by atoms with van der Waals surface area (Å²) in [7, 11) is 1.24. The Hall–Kier alpha value is -3.60. The zero-order valence-electron chi connectivity index (χ0n) is 17.9. The number of anilines is 2. The Morgan fingerprint density at radius 3 is 2.42 bits per heavy atom. The number of benzene rings is 2. The first-order valence-electron chi connectivity index (χ1n) is 9.77. The lowest BCUT2D eigenvalue weighted by atomic mass is 10.1. The number of nitriles is 1. The van der Waals surface area contributed by atoms with Gasteiger partial charge in [-0.3, -0.25) is 0 Å². The van der Waals surface area contributed by atoms with E-state index in [0.717, 1.165) is 0 Å². The summed E-state index contributed by atoms with van der Waals surface area (Å²) in [5.41, 5.74) is 0.986. The minimum absolute atomic E-state index is 0.0687. The molecule has 6 nitrogen and oxygen atoms in total. The van der Waals surface area contributed by atoms with E-state index >= 15 is 4.39 Å². The topological polar surface area (TPSA) is 78.3 Å². The molecule has 0 unspecified atom stereocenters. The normalized spacial score (nSPS) is 11.1. The number of ether oxygens (including phenoxy) is 2. The fraction of sp³-hybridized carbons (Fsp3) is 0.304. The second-order valence-corrected chi connectivity index (χ2v) is 7.55. The lowest BCUT2D eigenvalue weighted by molar-refractivity contribution is 0.0604. The van der Waals surface area contributed by atoms with Gasteiger partial charge in [-0.2, -0.15) is 9.65 Å². The number of nitrogens with zero attached hydrogens (tertiary/aromatic N) is 2. The van der Waals surface area contributed by atoms with Gasteiger partial charge in [-0.25, -0.2) is 9.18 Å². The van der Waals surface area contributed by atoms with Crippen LogP contribution in [0, 0.1) is 23.0 Å². The summed E-state index contributed by atoms with van der Waals surface area (Å²) in [5, 5.41) is 9.70. The zero-order valence-corrected chi connectivity index (χ0v) is 17.9. The predicted octanol–water partition coefficient (Wildman–Crippen LogP) is 5.44. The fourth-order valence-corrected chi connectivity index (χ4v) is 3.45. The van der Waals surface area contributed by atoms with E-state index in [-0.39, 0.29) is 35.0 Å². The molecular weight excluding hydrogens is 404 g/mol. The van der Waals surface area contributed by atoms with E-state index in [9.17, 15) is 14.4 Å². The molecule has 3 aromatic rings. The van der Waals surface area contributed by atoms with Crippen molar-refractivity contribution in [3.8, 4) is 11.8 Å². The first kappa shape index (κ1) is 22.1. The number of hydrogen-bond donors (Lipinski definition) is 1. The molecule has 1 aromatic heterocycles. The molecule has 0 amide bonds. The van der Waals surface area contributed by atoms with Crippen LogP contribution in [-0.2, 0) is 4.74 Å². The summed E-state index contributed by atoms with van der Waals surface area (Å²) in [5.74, 6) is -2.80. The lowest BCUT2D eigenvalue weighted by Gasteiger charge is -2.29. The summed E-state index contributed by atoms with van der Waals surface area (Å²) >= 11 is 0. The number of rotatable bonds is 6. The fourth-order valence-electron chi connectivity index (χ4n) is 3.45. The average molecular weight is 427 g/mol. The Kier molecular flexibility index (Phi) is 6.16. The van der Waals surface area contributed by atoms with Crippen LogP contribution in [0.25, 0.3) is 10.9 Å². The number of methoxy groups -OCH3 is 1. The van der Waals surface area contributed by atoms with Crippen LogP contribution in [0.5, 0.6) is 5.75 Å². The Bertz CT molecular complexity index is 1180. The quantitative estimate of drug-likeness (QED) is 0.530. The Morgan fingerprint density at radius 1 is 1.13 bits per heavy atom. The number of carbonyl (C=O) groups is 1. The van der Waals surface area contributed by atoms with Gasteiger partial charge >= 0.3 is 5.97 Å². The van der Waals surface area contributed by atoms with Crippen molar-refractivity contribution in [1.29, 1.82) is 5.26 Å². The molecule has 2 aromatic carbocycles. The van der Waals surface area contributed by atoms with E-state index < -0.39 is 17.6 Å². The maximum Gasteiger partial charge on any atom is 0.342 e. The van der Waals surface area contributed by atoms with Crippen LogP contribution in [0.15, 0.2) is 30.3 Å². The van der Waals surface area contributed by atoms with Crippen molar-refractivity contribution in [3.63, 3.8) is 0 Å². The molecule has 0 aliphatic heterocycles. The van der Waals surface area contributed by atoms with Crippen LogP contribution < -0.4 is 9.64 Å². The van der Waals surface area contributed by atoms with Crippen molar-refractivity contribution in [3.05, 3.63) is 53.1 Å². The van der Waals surface area contributed by atoms with Gasteiger partial charge < -0.3 is 19.4 Å². The number of H-pyrrole nitrogens is 1. The number of carbonyl (C=O) groups excluding carboxylic acids is 1. The summed E-state index contributed by atoms with van der Waals surface area (Å²) in [6, 6.07) is 9.22. The van der Waals surface area contributed by atoms with Gasteiger partial charge in [0.25, 0.3) is 0 Å². The average Bonchev–Trinajstić information content (AvgIpc) is 3.10. The first-order valence-corrected chi connectivity index (χ1v) is 9.77. The Morgan fingerprint density at radius 2 is 1.84 bits per heavy atom. The molecule has 31 heavy (non-hydrogen) atoms. The van der Waals surface area contributed by atoms with Crippen molar-refractivity contribution in [2.75, 3.05) is 12.0 Å². The molecular formula is C23H23F2N3O3. The van der Waals surface area contributed by atoms with Crippen molar-refractivity contribution in [1.82, 2.24) is 4.98 Å². The first-order chi connectivity index (χ1) is 14.7. The van der Waals surface area contributed by atoms with E-state index in [0.29, 0.717) is 16.5 Å². The zero-order chi connectivity index (χ0) is 22.9. The molecule has 0 saturated carbocycles. The number of aromatic amines is 1. The van der Waals surface area contributed by atoms with Crippen LogP contribution in [0.4, 0.5) is 20.3 Å². The van der Waals surface area contributed by atoms with Gasteiger partial charge in [-0.1, -0.05) is 6.07 Å². The molecule has 1 N–H and O–H groups in total. The lowest BCUT2D eigenvalue weighted by Crippen LogP contribution is -2.28. The maximum absolute atomic E-state index is 15.1. The van der Waals surface area contributed by atoms with Crippen LogP contribution >= 0.6 is 0 Å². The number of esters is 1. The van der Waals surface area contributed by atoms with Gasteiger partial charge in [-0.15, -0.1) is 0 Å². The monoisotopic (exact) mass is 427 g/mol. The summed E-state index contributed by atoms with van der Waals surface area (Å²) in [4.78, 5) is 17.2. The summed E-state index contributed by atoms with van der Waals surface area (Å²) in [6.45, 7) is 6.99. The number of fused-ring (bicyclic) bond motifs is 1. The van der Waals surface area contributed by atoms with Crippen LogP contribution in [-0.4, -0.2) is 30.2 Å². The standard InChI is InChI=1S/C23H23F2N3O3/c1-12(2)28(17-8-9-18(31-13(3)4)21(25)20(17)24)22-19(23(29)30-5)15-7-6-14(11-26)10-16(15)27-22/h6-10,12-13,27H,1-5H3. The third-order valence-electron chi connectivity index (χ3n) is 4.70. The third-order valence-corrected chi connectivity index (χ3v) is 4.70. The molecule has 0 aliphatic rings. The molecule has 8 heteroatoms. The van der Waals surface area contributed by atoms with Crippen molar-refractivity contribution >= 4 is 28.4 Å². The largest absolute Gasteiger partial charge is 0.488 e. The Labute approximate surface area is 179 Å². The van der Waals surface area contributed by atoms with Crippen LogP contribution in [0.2, 0.25) is 0 Å². The molecule has 3 rings (SSSR count). The van der Waals surface area contributed by atoms with Crippen molar-refractivity contribution in [2.45, 2.75) is 39.8 Å². The number of hydrogen-bond acceptors (Lipinski definition) is 5. The minimum atomic E-state index is -1.11. The number of nitrogens with one attached hydrogen (secondary N) is 1. The molecule has 162 valence electrons. The van der Waals surface area contributed by atoms with Gasteiger partial charge in [0.1, 0.15) is 11.4 Å². The van der Waals surface area contributed by atoms with E-state index in [1.54, 1.807) is 45.9 Å². The van der Waals surface area contributed by atoms with Gasteiger partial charge in [-0.05, 0) is 52.0 Å². The second-order valence-electron chi connectivity index (χ2n) is 7.55. The van der Waals surface area contributed by atoms with E-state index in [2.05, 4.69) is 4.98 Å². The molecule has 1 heterocycles. The van der Waals surface area contributed by atoms with Gasteiger partial charge in [0.15, 0.2) is 11.6 Å². The molecule has 0 fully saturated rings. The smallest absolute Gasteiger partial charge is 0.342 e. The van der Waals surface area contributed by atoms with Crippen molar-refractivity contribution in [2.24, 2.45) is 0 Å². The third kappa shape index (κ3) is 4.04. The molecule has 0 saturated heterocycles. The van der Waals surface area contributed by atoms with E-state index in [4.69, 9.17) is 9.47 Å². The highest BCUT2D eigenvalue weighted by molar-refractivity contribution is 6.10. The van der Waals surface area contributed by atoms with Crippen LogP contribution in [0.3, 0.4) is 0 Å². The molecule has 0 spiro atoms. The highest BCUT2D eigenvalue weighted by Crippen LogP contribution is 2.39. The Balaban J connectivity index is 2.26. The van der Waals surface area contributed by atoms with Gasteiger partial charge in [0.05, 0.1) is 30.5 Å². The molecule has 0 bridgehead atoms. The summed E-state index contributed by atoms with van der Waals surface area (Å²) in [6.07, 6.45) is -0.324. The van der Waals surface area contributed by atoms with E-state index in [1.807, 2.05) is 6.07 Å². The molecule has 0 atom stereocenters. The predicted molar refractivity (Wildman–Crippen MR) is 114 cm³/mol.